The van der Waals surface area contributed by atoms with Crippen molar-refractivity contribution in [1.29, 1.82) is 0 Å². The van der Waals surface area contributed by atoms with E-state index < -0.39 is 5.92 Å². The van der Waals surface area contributed by atoms with Crippen LogP contribution in [0.4, 0.5) is 0 Å². The van der Waals surface area contributed by atoms with Gasteiger partial charge in [-0.3, -0.25) is 9.78 Å². The van der Waals surface area contributed by atoms with Gasteiger partial charge in [0.1, 0.15) is 5.78 Å². The van der Waals surface area contributed by atoms with Gasteiger partial charge in [-0.15, -0.1) is 0 Å². The molecule has 1 atom stereocenters. The van der Waals surface area contributed by atoms with Crippen LogP contribution in [-0.2, 0) is 11.2 Å². The second-order valence-corrected chi connectivity index (χ2v) is 4.47. The molecular weight excluding hydrogens is 238 g/mol. The molecule has 0 aliphatic rings. The van der Waals surface area contributed by atoms with Gasteiger partial charge in [-0.1, -0.05) is 30.3 Å². The molecule has 0 aliphatic carbocycles. The van der Waals surface area contributed by atoms with Crippen molar-refractivity contribution >= 4 is 5.78 Å². The van der Waals surface area contributed by atoms with E-state index in [1.807, 2.05) is 30.3 Å². The molecule has 1 aromatic heterocycles. The summed E-state index contributed by atoms with van der Waals surface area (Å²) in [5.41, 5.74) is 1.97. The van der Waals surface area contributed by atoms with Crippen LogP contribution in [0.25, 0.3) is 0 Å². The molecule has 1 N–H and O–H groups in total. The largest absolute Gasteiger partial charge is 0.395 e. The Balaban J connectivity index is 1.98. The van der Waals surface area contributed by atoms with Gasteiger partial charge in [-0.05, 0) is 29.7 Å². The second-order valence-electron chi connectivity index (χ2n) is 4.47. The number of hydrogen-bond acceptors (Lipinski definition) is 3. The average Bonchev–Trinajstić information content (AvgIpc) is 2.48. The molecule has 1 heterocycles. The van der Waals surface area contributed by atoms with Crippen molar-refractivity contribution in [3.63, 3.8) is 0 Å². The molecule has 3 nitrogen and oxygen atoms in total. The lowest BCUT2D eigenvalue weighted by molar-refractivity contribution is -0.121. The number of hydrogen-bond donors (Lipinski definition) is 1. The van der Waals surface area contributed by atoms with Gasteiger partial charge < -0.3 is 5.11 Å². The number of rotatable bonds is 6. The molecule has 0 aliphatic heterocycles. The zero-order valence-corrected chi connectivity index (χ0v) is 10.7. The van der Waals surface area contributed by atoms with Crippen LogP contribution in [0.1, 0.15) is 23.5 Å². The van der Waals surface area contributed by atoms with Crippen molar-refractivity contribution in [1.82, 2.24) is 4.98 Å². The van der Waals surface area contributed by atoms with Gasteiger partial charge in [0.05, 0.1) is 12.5 Å². The van der Waals surface area contributed by atoms with Crippen LogP contribution in [0.15, 0.2) is 54.9 Å². The highest BCUT2D eigenvalue weighted by Gasteiger charge is 2.19. The van der Waals surface area contributed by atoms with Crippen LogP contribution in [-0.4, -0.2) is 22.5 Å². The van der Waals surface area contributed by atoms with Crippen molar-refractivity contribution in [2.75, 3.05) is 6.61 Å². The monoisotopic (exact) mass is 255 g/mol. The molecular formula is C16H17NO2. The fraction of sp³-hybridized carbons (Fsp3) is 0.250. The number of aromatic nitrogens is 1. The highest BCUT2D eigenvalue weighted by molar-refractivity contribution is 5.86. The van der Waals surface area contributed by atoms with E-state index in [4.69, 9.17) is 0 Å². The third-order valence-corrected chi connectivity index (χ3v) is 3.18. The number of aryl methyl sites for hydroxylation is 1. The van der Waals surface area contributed by atoms with E-state index in [0.29, 0.717) is 12.8 Å². The number of pyridine rings is 1. The first-order valence-electron chi connectivity index (χ1n) is 6.38. The van der Waals surface area contributed by atoms with Crippen LogP contribution in [0.2, 0.25) is 0 Å². The fourth-order valence-electron chi connectivity index (χ4n) is 2.08. The zero-order chi connectivity index (χ0) is 13.5. The SMILES string of the molecule is O=C(CCc1ccccc1)[C@@H](CO)c1ccncc1. The number of aliphatic hydroxyl groups is 1. The standard InChI is InChI=1S/C16H17NO2/c18-12-15(14-8-10-17-11-9-14)16(19)7-6-13-4-2-1-3-5-13/h1-5,8-11,15,18H,6-7,12H2/t15-/m0/s1. The first-order chi connectivity index (χ1) is 9.31. The number of ketones is 1. The molecule has 0 spiro atoms. The van der Waals surface area contributed by atoms with Crippen LogP contribution in [0, 0.1) is 0 Å². The van der Waals surface area contributed by atoms with Crippen molar-refractivity contribution < 1.29 is 9.90 Å². The molecule has 0 saturated carbocycles. The summed E-state index contributed by atoms with van der Waals surface area (Å²) < 4.78 is 0. The molecule has 19 heavy (non-hydrogen) atoms. The van der Waals surface area contributed by atoms with E-state index in [1.54, 1.807) is 24.5 Å². The molecule has 0 saturated heterocycles. The summed E-state index contributed by atoms with van der Waals surface area (Å²) in [5, 5.41) is 9.41. The van der Waals surface area contributed by atoms with E-state index in [-0.39, 0.29) is 12.4 Å². The summed E-state index contributed by atoms with van der Waals surface area (Å²) in [4.78, 5) is 16.1. The van der Waals surface area contributed by atoms with Crippen molar-refractivity contribution in [2.24, 2.45) is 0 Å². The lowest BCUT2D eigenvalue weighted by Gasteiger charge is -2.13. The maximum atomic E-state index is 12.2. The second kappa shape index (κ2) is 6.81. The van der Waals surface area contributed by atoms with Gasteiger partial charge in [0.15, 0.2) is 0 Å². The van der Waals surface area contributed by atoms with Gasteiger partial charge in [0.2, 0.25) is 0 Å². The average molecular weight is 255 g/mol. The van der Waals surface area contributed by atoms with E-state index in [1.165, 1.54) is 0 Å². The Labute approximate surface area is 112 Å². The molecule has 1 aromatic carbocycles. The van der Waals surface area contributed by atoms with Crippen molar-refractivity contribution in [3.05, 3.63) is 66.0 Å². The molecule has 0 unspecified atom stereocenters. The van der Waals surface area contributed by atoms with Crippen LogP contribution >= 0.6 is 0 Å². The Morgan fingerprint density at radius 3 is 2.42 bits per heavy atom. The number of aliphatic hydroxyl groups excluding tert-OH is 1. The molecule has 3 heteroatoms. The number of Topliss-reactive ketones (excluding diaryl/α,β-unsaturated/α-hetero) is 1. The predicted octanol–water partition coefficient (Wildman–Crippen LogP) is 2.36. The number of carbonyl (C=O) groups excluding carboxylic acids is 1. The summed E-state index contributed by atoms with van der Waals surface area (Å²) in [6.45, 7) is -0.155. The highest BCUT2D eigenvalue weighted by Crippen LogP contribution is 2.18. The topological polar surface area (TPSA) is 50.2 Å². The Kier molecular flexibility index (Phi) is 4.81. The zero-order valence-electron chi connectivity index (χ0n) is 10.7. The number of benzene rings is 1. The maximum Gasteiger partial charge on any atom is 0.142 e. The Bertz CT molecular complexity index is 511. The van der Waals surface area contributed by atoms with E-state index in [9.17, 15) is 9.90 Å². The summed E-state index contributed by atoms with van der Waals surface area (Å²) >= 11 is 0. The van der Waals surface area contributed by atoms with Crippen molar-refractivity contribution in [3.8, 4) is 0 Å². The minimum absolute atomic E-state index is 0.0672. The van der Waals surface area contributed by atoms with Gasteiger partial charge in [-0.2, -0.15) is 0 Å². The normalized spacial score (nSPS) is 12.1. The summed E-state index contributed by atoms with van der Waals surface area (Å²) in [7, 11) is 0. The first kappa shape index (κ1) is 13.4. The van der Waals surface area contributed by atoms with Gasteiger partial charge in [0.25, 0.3) is 0 Å². The van der Waals surface area contributed by atoms with Gasteiger partial charge in [-0.25, -0.2) is 0 Å². The quantitative estimate of drug-likeness (QED) is 0.862. The predicted molar refractivity (Wildman–Crippen MR) is 73.8 cm³/mol. The van der Waals surface area contributed by atoms with Crippen LogP contribution in [0.3, 0.4) is 0 Å². The third-order valence-electron chi connectivity index (χ3n) is 3.18. The molecule has 2 rings (SSSR count). The molecule has 0 radical (unpaired) electrons. The molecule has 0 fully saturated rings. The highest BCUT2D eigenvalue weighted by atomic mass is 16.3. The van der Waals surface area contributed by atoms with Gasteiger partial charge in [0, 0.05) is 18.8 Å². The van der Waals surface area contributed by atoms with Crippen molar-refractivity contribution in [2.45, 2.75) is 18.8 Å². The third kappa shape index (κ3) is 3.73. The lowest BCUT2D eigenvalue weighted by atomic mass is 9.92. The molecule has 0 amide bonds. The fourth-order valence-corrected chi connectivity index (χ4v) is 2.08. The Morgan fingerprint density at radius 2 is 1.79 bits per heavy atom. The smallest absolute Gasteiger partial charge is 0.142 e. The molecule has 2 aromatic rings. The summed E-state index contributed by atoms with van der Waals surface area (Å²) in [6.07, 6.45) is 4.43. The number of carbonyl (C=O) groups is 1. The number of nitrogens with zero attached hydrogens (tertiary/aromatic N) is 1. The van der Waals surface area contributed by atoms with E-state index >= 15 is 0 Å². The Hall–Kier alpha value is -2.00. The molecule has 98 valence electrons. The van der Waals surface area contributed by atoms with E-state index in [2.05, 4.69) is 4.98 Å². The minimum atomic E-state index is -0.438. The van der Waals surface area contributed by atoms with E-state index in [0.717, 1.165) is 11.1 Å². The summed E-state index contributed by atoms with van der Waals surface area (Å²) in [5.74, 6) is -0.371. The molecule has 0 bridgehead atoms. The summed E-state index contributed by atoms with van der Waals surface area (Å²) in [6, 6.07) is 13.5. The lowest BCUT2D eigenvalue weighted by Crippen LogP contribution is -2.17. The van der Waals surface area contributed by atoms with Gasteiger partial charge >= 0.3 is 0 Å². The Morgan fingerprint density at radius 1 is 1.11 bits per heavy atom. The first-order valence-corrected chi connectivity index (χ1v) is 6.38. The van der Waals surface area contributed by atoms with Crippen LogP contribution < -0.4 is 0 Å². The maximum absolute atomic E-state index is 12.2. The minimum Gasteiger partial charge on any atom is -0.395 e. The van der Waals surface area contributed by atoms with Crippen LogP contribution in [0.5, 0.6) is 0 Å².